The quantitative estimate of drug-likeness (QED) is 0.396. The average molecular weight is 309 g/mol. The first-order chi connectivity index (χ1) is 10.6. The molecule has 22 heavy (non-hydrogen) atoms. The van der Waals surface area contributed by atoms with Gasteiger partial charge in [0.1, 0.15) is 0 Å². The monoisotopic (exact) mass is 309 g/mol. The van der Waals surface area contributed by atoms with Gasteiger partial charge in [-0.3, -0.25) is 14.7 Å². The lowest BCUT2D eigenvalue weighted by molar-refractivity contribution is -0.124. The van der Waals surface area contributed by atoms with Crippen LogP contribution in [0.2, 0.25) is 0 Å². The van der Waals surface area contributed by atoms with E-state index >= 15 is 0 Å². The molecular weight excluding hydrogens is 282 g/mol. The van der Waals surface area contributed by atoms with Gasteiger partial charge in [0, 0.05) is 12.6 Å². The fourth-order valence-corrected chi connectivity index (χ4v) is 2.86. The second-order valence-electron chi connectivity index (χ2n) is 6.07. The summed E-state index contributed by atoms with van der Waals surface area (Å²) in [7, 11) is 0. The van der Waals surface area contributed by atoms with Crippen LogP contribution in [0.3, 0.4) is 0 Å². The van der Waals surface area contributed by atoms with Crippen LogP contribution in [-0.4, -0.2) is 55.0 Å². The molecular formula is C15H27N5O2. The fourth-order valence-electron chi connectivity index (χ4n) is 2.86. The second kappa shape index (κ2) is 8.00. The highest BCUT2D eigenvalue weighted by Gasteiger charge is 2.27. The van der Waals surface area contributed by atoms with Crippen molar-refractivity contribution in [3.05, 3.63) is 0 Å². The SMILES string of the molecule is CCNC(=NCCN1C(=O)CNC1=O)NC1CCC(C)CC1. The maximum absolute atomic E-state index is 11.5. The number of urea groups is 1. The van der Waals surface area contributed by atoms with Crippen LogP contribution in [0.4, 0.5) is 4.79 Å². The number of carbonyl (C=O) groups excluding carboxylic acids is 2. The molecule has 7 heteroatoms. The summed E-state index contributed by atoms with van der Waals surface area (Å²) in [6.45, 7) is 5.95. The molecule has 1 aliphatic heterocycles. The number of nitrogens with one attached hydrogen (secondary N) is 3. The molecule has 2 rings (SSSR count). The lowest BCUT2D eigenvalue weighted by Crippen LogP contribution is -2.45. The minimum Gasteiger partial charge on any atom is -0.357 e. The summed E-state index contributed by atoms with van der Waals surface area (Å²) >= 11 is 0. The van der Waals surface area contributed by atoms with Crippen LogP contribution in [0.25, 0.3) is 0 Å². The highest BCUT2D eigenvalue weighted by Crippen LogP contribution is 2.23. The summed E-state index contributed by atoms with van der Waals surface area (Å²) in [6, 6.07) is 0.144. The first-order valence-electron chi connectivity index (χ1n) is 8.23. The first kappa shape index (κ1) is 16.6. The predicted octanol–water partition coefficient (Wildman–Crippen LogP) is 0.672. The van der Waals surface area contributed by atoms with E-state index in [1.54, 1.807) is 0 Å². The molecule has 0 spiro atoms. The Morgan fingerprint density at radius 3 is 2.64 bits per heavy atom. The number of imide groups is 1. The molecule has 0 aromatic heterocycles. The molecule has 7 nitrogen and oxygen atoms in total. The Kier molecular flexibility index (Phi) is 6.03. The van der Waals surface area contributed by atoms with E-state index in [9.17, 15) is 9.59 Å². The number of aliphatic imine (C=N–C) groups is 1. The third-order valence-corrected chi connectivity index (χ3v) is 4.23. The van der Waals surface area contributed by atoms with E-state index in [-0.39, 0.29) is 18.5 Å². The Labute approximate surface area is 131 Å². The normalized spacial score (nSPS) is 26.1. The molecule has 0 radical (unpaired) electrons. The summed E-state index contributed by atoms with van der Waals surface area (Å²) in [6.07, 6.45) is 4.83. The van der Waals surface area contributed by atoms with E-state index in [4.69, 9.17) is 0 Å². The second-order valence-corrected chi connectivity index (χ2v) is 6.07. The Morgan fingerprint density at radius 2 is 2.05 bits per heavy atom. The zero-order chi connectivity index (χ0) is 15.9. The van der Waals surface area contributed by atoms with Crippen LogP contribution in [0.5, 0.6) is 0 Å². The van der Waals surface area contributed by atoms with E-state index in [0.29, 0.717) is 19.1 Å². The van der Waals surface area contributed by atoms with E-state index < -0.39 is 0 Å². The van der Waals surface area contributed by atoms with Crippen molar-refractivity contribution in [2.24, 2.45) is 10.9 Å². The maximum Gasteiger partial charge on any atom is 0.324 e. The standard InChI is InChI=1S/C15H27N5O2/c1-3-16-14(19-12-6-4-11(2)5-7-12)17-8-9-20-13(21)10-18-15(20)22/h11-12H,3-10H2,1-2H3,(H,18,22)(H2,16,17,19). The van der Waals surface area contributed by atoms with Gasteiger partial charge < -0.3 is 16.0 Å². The molecule has 0 bridgehead atoms. The largest absolute Gasteiger partial charge is 0.357 e. The predicted molar refractivity (Wildman–Crippen MR) is 85.6 cm³/mol. The number of carbonyl (C=O) groups is 2. The van der Waals surface area contributed by atoms with Crippen molar-refractivity contribution < 1.29 is 9.59 Å². The lowest BCUT2D eigenvalue weighted by Gasteiger charge is -2.28. The smallest absolute Gasteiger partial charge is 0.324 e. The van der Waals surface area contributed by atoms with Gasteiger partial charge >= 0.3 is 6.03 Å². The summed E-state index contributed by atoms with van der Waals surface area (Å²) in [5.41, 5.74) is 0. The van der Waals surface area contributed by atoms with Crippen molar-refractivity contribution in [1.29, 1.82) is 0 Å². The van der Waals surface area contributed by atoms with Crippen molar-refractivity contribution in [2.45, 2.75) is 45.6 Å². The summed E-state index contributed by atoms with van der Waals surface area (Å²) in [4.78, 5) is 28.6. The lowest BCUT2D eigenvalue weighted by atomic mass is 9.87. The van der Waals surface area contributed by atoms with Crippen LogP contribution in [-0.2, 0) is 4.79 Å². The van der Waals surface area contributed by atoms with Crippen LogP contribution in [0, 0.1) is 5.92 Å². The van der Waals surface area contributed by atoms with Gasteiger partial charge in [-0.2, -0.15) is 0 Å². The van der Waals surface area contributed by atoms with E-state index in [2.05, 4.69) is 27.9 Å². The average Bonchev–Trinajstić information content (AvgIpc) is 2.81. The van der Waals surface area contributed by atoms with Crippen molar-refractivity contribution in [3.63, 3.8) is 0 Å². The highest BCUT2D eigenvalue weighted by atomic mass is 16.2. The summed E-state index contributed by atoms with van der Waals surface area (Å²) < 4.78 is 0. The van der Waals surface area contributed by atoms with Gasteiger partial charge in [-0.1, -0.05) is 6.92 Å². The number of amides is 3. The molecule has 3 N–H and O–H groups in total. The molecule has 0 atom stereocenters. The highest BCUT2D eigenvalue weighted by molar-refractivity contribution is 6.01. The molecule has 0 unspecified atom stereocenters. The van der Waals surface area contributed by atoms with Gasteiger partial charge in [-0.15, -0.1) is 0 Å². The number of guanidine groups is 1. The topological polar surface area (TPSA) is 85.8 Å². The molecule has 124 valence electrons. The van der Waals surface area contributed by atoms with E-state index in [1.165, 1.54) is 30.6 Å². The van der Waals surface area contributed by atoms with Crippen LogP contribution < -0.4 is 16.0 Å². The maximum atomic E-state index is 11.5. The third-order valence-electron chi connectivity index (χ3n) is 4.23. The Morgan fingerprint density at radius 1 is 1.32 bits per heavy atom. The molecule has 2 fully saturated rings. The molecule has 0 aromatic carbocycles. The molecule has 1 aliphatic carbocycles. The van der Waals surface area contributed by atoms with Crippen LogP contribution in [0.1, 0.15) is 39.5 Å². The van der Waals surface area contributed by atoms with Crippen molar-refractivity contribution in [2.75, 3.05) is 26.2 Å². The van der Waals surface area contributed by atoms with Gasteiger partial charge in [-0.05, 0) is 38.5 Å². The van der Waals surface area contributed by atoms with Gasteiger partial charge in [-0.25, -0.2) is 4.79 Å². The van der Waals surface area contributed by atoms with Crippen LogP contribution >= 0.6 is 0 Å². The third kappa shape index (κ3) is 4.61. The van der Waals surface area contributed by atoms with E-state index in [1.807, 2.05) is 6.92 Å². The Bertz CT molecular complexity index is 414. The fraction of sp³-hybridized carbons (Fsp3) is 0.800. The molecule has 3 amide bonds. The summed E-state index contributed by atoms with van der Waals surface area (Å²) in [5, 5.41) is 9.19. The molecule has 1 saturated heterocycles. The number of hydrogen-bond donors (Lipinski definition) is 3. The van der Waals surface area contributed by atoms with Crippen LogP contribution in [0.15, 0.2) is 4.99 Å². The van der Waals surface area contributed by atoms with Gasteiger partial charge in [0.15, 0.2) is 5.96 Å². The van der Waals surface area contributed by atoms with E-state index in [0.717, 1.165) is 18.4 Å². The van der Waals surface area contributed by atoms with Crippen molar-refractivity contribution in [1.82, 2.24) is 20.9 Å². The van der Waals surface area contributed by atoms with Crippen molar-refractivity contribution in [3.8, 4) is 0 Å². The first-order valence-corrected chi connectivity index (χ1v) is 8.23. The Hall–Kier alpha value is -1.79. The molecule has 1 heterocycles. The van der Waals surface area contributed by atoms with Crippen molar-refractivity contribution >= 4 is 17.9 Å². The van der Waals surface area contributed by atoms with Gasteiger partial charge in [0.05, 0.1) is 19.6 Å². The minimum absolute atomic E-state index is 0.0983. The molecule has 1 saturated carbocycles. The zero-order valence-corrected chi connectivity index (χ0v) is 13.5. The number of nitrogens with zero attached hydrogens (tertiary/aromatic N) is 2. The Balaban J connectivity index is 1.81. The minimum atomic E-state index is -0.320. The number of hydrogen-bond acceptors (Lipinski definition) is 3. The summed E-state index contributed by atoms with van der Waals surface area (Å²) in [5.74, 6) is 1.41. The zero-order valence-electron chi connectivity index (χ0n) is 13.5. The van der Waals surface area contributed by atoms with Gasteiger partial charge in [0.25, 0.3) is 0 Å². The van der Waals surface area contributed by atoms with Gasteiger partial charge in [0.2, 0.25) is 5.91 Å². The molecule has 0 aromatic rings. The molecule has 2 aliphatic rings. The number of rotatable bonds is 5.